The summed E-state index contributed by atoms with van der Waals surface area (Å²) in [6.07, 6.45) is 1.71. The van der Waals surface area contributed by atoms with Crippen molar-refractivity contribution in [2.24, 2.45) is 0 Å². The molecule has 0 radical (unpaired) electrons. The number of hydrogen-bond donors (Lipinski definition) is 1. The lowest BCUT2D eigenvalue weighted by Crippen LogP contribution is -2.37. The van der Waals surface area contributed by atoms with Gasteiger partial charge in [0.1, 0.15) is 0 Å². The van der Waals surface area contributed by atoms with E-state index < -0.39 is 15.9 Å². The van der Waals surface area contributed by atoms with Crippen molar-refractivity contribution in [3.63, 3.8) is 0 Å². The Morgan fingerprint density at radius 3 is 2.29 bits per heavy atom. The maximum Gasteiger partial charge on any atom is 0.243 e. The van der Waals surface area contributed by atoms with Crippen molar-refractivity contribution < 1.29 is 13.2 Å². The van der Waals surface area contributed by atoms with Crippen LogP contribution >= 0.6 is 15.9 Å². The third-order valence-corrected chi connectivity index (χ3v) is 7.27. The second-order valence-corrected chi connectivity index (χ2v) is 9.56. The van der Waals surface area contributed by atoms with Gasteiger partial charge >= 0.3 is 0 Å². The molecule has 0 spiro atoms. The highest BCUT2D eigenvalue weighted by molar-refractivity contribution is 9.10. The van der Waals surface area contributed by atoms with E-state index in [4.69, 9.17) is 0 Å². The maximum absolute atomic E-state index is 12.8. The third-order valence-electron chi connectivity index (χ3n) is 4.81. The summed E-state index contributed by atoms with van der Waals surface area (Å²) in [5.74, 6) is -0.420. The number of sulfonamides is 1. The first-order valence-electron chi connectivity index (χ1n) is 8.88. The van der Waals surface area contributed by atoms with E-state index in [-0.39, 0.29) is 23.4 Å². The highest BCUT2D eigenvalue weighted by Crippen LogP contribution is 2.47. The van der Waals surface area contributed by atoms with Crippen molar-refractivity contribution in [3.8, 4) is 6.07 Å². The molecule has 0 heterocycles. The number of nitrogens with zero attached hydrogens (tertiary/aromatic N) is 2. The van der Waals surface area contributed by atoms with E-state index in [1.807, 2.05) is 12.1 Å². The Bertz CT molecular complexity index is 1010. The van der Waals surface area contributed by atoms with Gasteiger partial charge in [-0.15, -0.1) is 0 Å². The molecule has 0 aromatic heterocycles. The minimum absolute atomic E-state index is 0.140. The number of benzene rings is 2. The average Bonchev–Trinajstić information content (AvgIpc) is 3.48. The number of rotatable bonds is 7. The zero-order valence-corrected chi connectivity index (χ0v) is 17.8. The number of halogens is 1. The van der Waals surface area contributed by atoms with E-state index in [1.165, 1.54) is 12.1 Å². The summed E-state index contributed by atoms with van der Waals surface area (Å²) in [5, 5.41) is 12.0. The molecule has 0 atom stereocenters. The molecular weight excluding hydrogens is 442 g/mol. The number of anilines is 1. The fourth-order valence-electron chi connectivity index (χ4n) is 2.95. The molecule has 1 saturated carbocycles. The van der Waals surface area contributed by atoms with Crippen LogP contribution in [0.2, 0.25) is 0 Å². The van der Waals surface area contributed by atoms with Crippen molar-refractivity contribution in [1.29, 1.82) is 5.26 Å². The summed E-state index contributed by atoms with van der Waals surface area (Å²) in [6, 6.07) is 15.8. The monoisotopic (exact) mass is 461 g/mol. The van der Waals surface area contributed by atoms with Crippen LogP contribution in [0.15, 0.2) is 57.9 Å². The first kappa shape index (κ1) is 20.5. The summed E-state index contributed by atoms with van der Waals surface area (Å²) in [6.45, 7) is 1.59. The number of hydrogen-bond acceptors (Lipinski definition) is 4. The van der Waals surface area contributed by atoms with E-state index in [0.29, 0.717) is 5.69 Å². The molecule has 1 amide bonds. The Hall–Kier alpha value is -2.21. The van der Waals surface area contributed by atoms with Crippen molar-refractivity contribution >= 4 is 37.5 Å². The molecule has 0 unspecified atom stereocenters. The Kier molecular flexibility index (Phi) is 5.89. The van der Waals surface area contributed by atoms with Gasteiger partial charge in [0.15, 0.2) is 0 Å². The molecule has 28 heavy (non-hydrogen) atoms. The number of carbonyl (C=O) groups is 1. The average molecular weight is 462 g/mol. The topological polar surface area (TPSA) is 90.3 Å². The van der Waals surface area contributed by atoms with E-state index in [0.717, 1.165) is 27.2 Å². The van der Waals surface area contributed by atoms with Gasteiger partial charge in [-0.25, -0.2) is 8.42 Å². The summed E-state index contributed by atoms with van der Waals surface area (Å²) in [7, 11) is -3.76. The van der Waals surface area contributed by atoms with Gasteiger partial charge in [-0.3, -0.25) is 4.79 Å². The summed E-state index contributed by atoms with van der Waals surface area (Å²) >= 11 is 3.28. The first-order valence-corrected chi connectivity index (χ1v) is 11.1. The van der Waals surface area contributed by atoms with Crippen molar-refractivity contribution in [2.45, 2.75) is 30.1 Å². The number of likely N-dealkylation sites (N-methyl/N-ethyl adjacent to an activating group) is 1. The van der Waals surface area contributed by atoms with Crippen LogP contribution in [0.25, 0.3) is 0 Å². The minimum Gasteiger partial charge on any atom is -0.325 e. The molecule has 1 fully saturated rings. The summed E-state index contributed by atoms with van der Waals surface area (Å²) in [4.78, 5) is 12.5. The van der Waals surface area contributed by atoms with Crippen LogP contribution in [0.4, 0.5) is 5.69 Å². The number of carbonyl (C=O) groups excluding carboxylic acids is 1. The number of nitriles is 1. The van der Waals surface area contributed by atoms with Gasteiger partial charge < -0.3 is 5.32 Å². The van der Waals surface area contributed by atoms with Gasteiger partial charge in [-0.2, -0.15) is 9.57 Å². The molecular formula is C20H20BrN3O3S. The normalized spacial score (nSPS) is 15.1. The van der Waals surface area contributed by atoms with Crippen LogP contribution in [0.1, 0.15) is 25.3 Å². The lowest BCUT2D eigenvalue weighted by molar-refractivity contribution is -0.116. The van der Waals surface area contributed by atoms with Gasteiger partial charge in [-0.1, -0.05) is 35.0 Å². The molecule has 8 heteroatoms. The molecule has 6 nitrogen and oxygen atoms in total. The highest BCUT2D eigenvalue weighted by atomic mass is 79.9. The van der Waals surface area contributed by atoms with Crippen LogP contribution < -0.4 is 5.32 Å². The van der Waals surface area contributed by atoms with Gasteiger partial charge in [0.2, 0.25) is 15.9 Å². The van der Waals surface area contributed by atoms with E-state index in [1.54, 1.807) is 31.2 Å². The van der Waals surface area contributed by atoms with Crippen LogP contribution in [-0.4, -0.2) is 31.7 Å². The zero-order valence-electron chi connectivity index (χ0n) is 15.4. The first-order chi connectivity index (χ1) is 13.3. The predicted molar refractivity (Wildman–Crippen MR) is 110 cm³/mol. The molecule has 146 valence electrons. The van der Waals surface area contributed by atoms with Gasteiger partial charge in [0, 0.05) is 16.7 Å². The lowest BCUT2D eigenvalue weighted by Gasteiger charge is -2.20. The minimum atomic E-state index is -3.76. The zero-order chi connectivity index (χ0) is 20.4. The molecule has 0 bridgehead atoms. The fraction of sp³-hybridized carbons (Fsp3) is 0.300. The van der Waals surface area contributed by atoms with Crippen LogP contribution in [0.5, 0.6) is 0 Å². The van der Waals surface area contributed by atoms with Gasteiger partial charge in [-0.05, 0) is 54.8 Å². The standard InChI is InChI=1S/C20H20BrN3O3S/c1-2-24(28(26,27)18-9-5-16(21)6-10-18)13-19(25)23-17-7-3-15(4-8-17)20(14-22)11-12-20/h3-10H,2,11-13H2,1H3,(H,23,25). The lowest BCUT2D eigenvalue weighted by atomic mass is 9.98. The molecule has 2 aromatic carbocycles. The molecule has 0 saturated heterocycles. The van der Waals surface area contributed by atoms with E-state index in [2.05, 4.69) is 27.3 Å². The van der Waals surface area contributed by atoms with Crippen molar-refractivity contribution in [2.75, 3.05) is 18.4 Å². The summed E-state index contributed by atoms with van der Waals surface area (Å²) in [5.41, 5.74) is 1.14. The number of nitrogens with one attached hydrogen (secondary N) is 1. The van der Waals surface area contributed by atoms with Gasteiger partial charge in [0.05, 0.1) is 22.9 Å². The fourth-order valence-corrected chi connectivity index (χ4v) is 4.62. The van der Waals surface area contributed by atoms with Gasteiger partial charge in [0.25, 0.3) is 0 Å². The molecule has 1 N–H and O–H groups in total. The van der Waals surface area contributed by atoms with Crippen molar-refractivity contribution in [1.82, 2.24) is 4.31 Å². The Balaban J connectivity index is 1.67. The van der Waals surface area contributed by atoms with Crippen LogP contribution in [0, 0.1) is 11.3 Å². The second kappa shape index (κ2) is 8.03. The quantitative estimate of drug-likeness (QED) is 0.680. The van der Waals surface area contributed by atoms with E-state index in [9.17, 15) is 18.5 Å². The highest BCUT2D eigenvalue weighted by Gasteiger charge is 2.44. The maximum atomic E-state index is 12.8. The van der Waals surface area contributed by atoms with Crippen molar-refractivity contribution in [3.05, 3.63) is 58.6 Å². The molecule has 2 aromatic rings. The number of amides is 1. The molecule has 1 aliphatic rings. The van der Waals surface area contributed by atoms with Crippen LogP contribution in [0.3, 0.4) is 0 Å². The largest absolute Gasteiger partial charge is 0.325 e. The molecule has 3 rings (SSSR count). The Morgan fingerprint density at radius 2 is 1.79 bits per heavy atom. The van der Waals surface area contributed by atoms with Crippen LogP contribution in [-0.2, 0) is 20.2 Å². The Morgan fingerprint density at radius 1 is 1.18 bits per heavy atom. The third kappa shape index (κ3) is 4.27. The smallest absolute Gasteiger partial charge is 0.243 e. The summed E-state index contributed by atoms with van der Waals surface area (Å²) < 4.78 is 27.4. The predicted octanol–water partition coefficient (Wildman–Crippen LogP) is 3.65. The second-order valence-electron chi connectivity index (χ2n) is 6.70. The SMILES string of the molecule is CCN(CC(=O)Nc1ccc(C2(C#N)CC2)cc1)S(=O)(=O)c1ccc(Br)cc1. The molecule has 0 aliphatic heterocycles. The molecule has 1 aliphatic carbocycles. The Labute approximate surface area is 173 Å². The van der Waals surface area contributed by atoms with E-state index >= 15 is 0 Å².